The van der Waals surface area contributed by atoms with Gasteiger partial charge in [0.15, 0.2) is 0 Å². The number of hydrogen-bond donors (Lipinski definition) is 0. The Morgan fingerprint density at radius 1 is 1.40 bits per heavy atom. The second-order valence-electron chi connectivity index (χ2n) is 3.90. The van der Waals surface area contributed by atoms with E-state index in [1.165, 1.54) is 0 Å². The molecule has 0 radical (unpaired) electrons. The van der Waals surface area contributed by atoms with E-state index in [0.717, 1.165) is 30.5 Å². The fourth-order valence-corrected chi connectivity index (χ4v) is 1.77. The molecule has 0 aromatic heterocycles. The molecule has 0 unspecified atom stereocenters. The Hall–Kier alpha value is -1.57. The number of carbonyl (C=O) groups is 1. The summed E-state index contributed by atoms with van der Waals surface area (Å²) in [6, 6.07) is 7.74. The fourth-order valence-electron chi connectivity index (χ4n) is 1.77. The molecule has 0 spiro atoms. The Bertz CT molecular complexity index is 395. The number of hydrogen-bond acceptors (Lipinski definition) is 1. The minimum absolute atomic E-state index is 0.106. The second kappa shape index (κ2) is 4.30. The molecule has 2 heteroatoms. The molecule has 0 N–H and O–H groups in total. The summed E-state index contributed by atoms with van der Waals surface area (Å²) in [5, 5.41) is 0. The molecule has 0 saturated heterocycles. The predicted octanol–water partition coefficient (Wildman–Crippen LogP) is 2.74. The highest BCUT2D eigenvalue weighted by molar-refractivity contribution is 5.95. The van der Waals surface area contributed by atoms with E-state index in [1.807, 2.05) is 37.4 Å². The van der Waals surface area contributed by atoms with Gasteiger partial charge in [-0.05, 0) is 31.9 Å². The number of aryl methyl sites for hydroxylation is 1. The van der Waals surface area contributed by atoms with Crippen molar-refractivity contribution in [2.45, 2.75) is 19.8 Å². The molecule has 15 heavy (non-hydrogen) atoms. The molecule has 1 aliphatic heterocycles. The lowest BCUT2D eigenvalue weighted by Gasteiger charge is -2.21. The van der Waals surface area contributed by atoms with Crippen molar-refractivity contribution in [3.05, 3.63) is 47.7 Å². The van der Waals surface area contributed by atoms with Gasteiger partial charge in [-0.3, -0.25) is 4.79 Å². The van der Waals surface area contributed by atoms with E-state index in [4.69, 9.17) is 0 Å². The first-order valence-electron chi connectivity index (χ1n) is 5.32. The Morgan fingerprint density at radius 2 is 2.27 bits per heavy atom. The highest BCUT2D eigenvalue weighted by atomic mass is 16.2. The molecule has 1 aliphatic rings. The van der Waals surface area contributed by atoms with E-state index in [2.05, 4.69) is 6.08 Å². The van der Waals surface area contributed by atoms with Crippen molar-refractivity contribution in [2.75, 3.05) is 6.54 Å². The molecule has 0 saturated carbocycles. The van der Waals surface area contributed by atoms with Crippen molar-refractivity contribution >= 4 is 5.91 Å². The van der Waals surface area contributed by atoms with Gasteiger partial charge in [-0.1, -0.05) is 23.8 Å². The lowest BCUT2D eigenvalue weighted by molar-refractivity contribution is 0.0815. The van der Waals surface area contributed by atoms with E-state index >= 15 is 0 Å². The van der Waals surface area contributed by atoms with E-state index in [-0.39, 0.29) is 5.91 Å². The van der Waals surface area contributed by atoms with Crippen LogP contribution in [0, 0.1) is 6.92 Å². The van der Waals surface area contributed by atoms with Crippen LogP contribution in [0.2, 0.25) is 0 Å². The molecule has 0 aliphatic carbocycles. The molecule has 0 atom stereocenters. The number of rotatable bonds is 1. The zero-order valence-electron chi connectivity index (χ0n) is 8.94. The zero-order valence-corrected chi connectivity index (χ0v) is 8.94. The third kappa shape index (κ3) is 2.27. The third-order valence-corrected chi connectivity index (χ3v) is 2.58. The largest absolute Gasteiger partial charge is 0.315 e. The Kier molecular flexibility index (Phi) is 2.86. The quantitative estimate of drug-likeness (QED) is 0.684. The standard InChI is InChI=1S/C13H15NO/c1-11-6-5-7-12(10-11)13(15)14-8-3-2-4-9-14/h3,5-8,10H,2,4,9H2,1H3. The van der Waals surface area contributed by atoms with E-state index in [9.17, 15) is 4.79 Å². The molecular formula is C13H15NO. The molecule has 2 nitrogen and oxygen atoms in total. The van der Waals surface area contributed by atoms with Crippen LogP contribution in [0.4, 0.5) is 0 Å². The van der Waals surface area contributed by atoms with Crippen LogP contribution < -0.4 is 0 Å². The number of carbonyl (C=O) groups excluding carboxylic acids is 1. The van der Waals surface area contributed by atoms with Gasteiger partial charge in [-0.25, -0.2) is 0 Å². The van der Waals surface area contributed by atoms with Crippen molar-refractivity contribution in [1.29, 1.82) is 0 Å². The lowest BCUT2D eigenvalue weighted by atomic mass is 10.1. The number of benzene rings is 1. The first-order valence-corrected chi connectivity index (χ1v) is 5.32. The Labute approximate surface area is 90.2 Å². The highest BCUT2D eigenvalue weighted by Crippen LogP contribution is 2.12. The molecule has 1 amide bonds. The van der Waals surface area contributed by atoms with Gasteiger partial charge in [0.1, 0.15) is 0 Å². The molecule has 1 heterocycles. The summed E-state index contributed by atoms with van der Waals surface area (Å²) in [6.45, 7) is 2.84. The van der Waals surface area contributed by atoms with Gasteiger partial charge in [0.2, 0.25) is 0 Å². The van der Waals surface area contributed by atoms with Crippen LogP contribution in [0.1, 0.15) is 28.8 Å². The number of amides is 1. The summed E-state index contributed by atoms with van der Waals surface area (Å²) in [4.78, 5) is 13.8. The Balaban J connectivity index is 2.20. The summed E-state index contributed by atoms with van der Waals surface area (Å²) in [5.74, 6) is 0.106. The van der Waals surface area contributed by atoms with Crippen molar-refractivity contribution in [3.8, 4) is 0 Å². The molecule has 0 bridgehead atoms. The summed E-state index contributed by atoms with van der Waals surface area (Å²) in [7, 11) is 0. The maximum absolute atomic E-state index is 12.0. The van der Waals surface area contributed by atoms with Crippen molar-refractivity contribution in [2.24, 2.45) is 0 Å². The minimum atomic E-state index is 0.106. The zero-order chi connectivity index (χ0) is 10.7. The molecular weight excluding hydrogens is 186 g/mol. The number of allylic oxidation sites excluding steroid dienone is 1. The van der Waals surface area contributed by atoms with E-state index in [1.54, 1.807) is 4.90 Å². The average Bonchev–Trinajstić information content (AvgIpc) is 2.29. The monoisotopic (exact) mass is 201 g/mol. The summed E-state index contributed by atoms with van der Waals surface area (Å²) < 4.78 is 0. The molecule has 0 fully saturated rings. The van der Waals surface area contributed by atoms with Crippen LogP contribution in [0.3, 0.4) is 0 Å². The van der Waals surface area contributed by atoms with Crippen molar-refractivity contribution in [3.63, 3.8) is 0 Å². The summed E-state index contributed by atoms with van der Waals surface area (Å²) >= 11 is 0. The maximum Gasteiger partial charge on any atom is 0.257 e. The molecule has 78 valence electrons. The third-order valence-electron chi connectivity index (χ3n) is 2.58. The van der Waals surface area contributed by atoms with Gasteiger partial charge in [-0.15, -0.1) is 0 Å². The van der Waals surface area contributed by atoms with Crippen LogP contribution in [0.25, 0.3) is 0 Å². The summed E-state index contributed by atoms with van der Waals surface area (Å²) in [6.07, 6.45) is 6.09. The smallest absolute Gasteiger partial charge is 0.257 e. The topological polar surface area (TPSA) is 20.3 Å². The van der Waals surface area contributed by atoms with Gasteiger partial charge in [0.25, 0.3) is 5.91 Å². The Morgan fingerprint density at radius 3 is 2.93 bits per heavy atom. The molecule has 2 rings (SSSR count). The summed E-state index contributed by atoms with van der Waals surface area (Å²) in [5.41, 5.74) is 1.91. The predicted molar refractivity (Wildman–Crippen MR) is 60.6 cm³/mol. The van der Waals surface area contributed by atoms with Gasteiger partial charge >= 0.3 is 0 Å². The first-order chi connectivity index (χ1) is 7.27. The second-order valence-corrected chi connectivity index (χ2v) is 3.90. The molecule has 1 aromatic carbocycles. The maximum atomic E-state index is 12.0. The van der Waals surface area contributed by atoms with Gasteiger partial charge in [0.05, 0.1) is 0 Å². The van der Waals surface area contributed by atoms with Crippen molar-refractivity contribution < 1.29 is 4.79 Å². The fraction of sp³-hybridized carbons (Fsp3) is 0.308. The minimum Gasteiger partial charge on any atom is -0.315 e. The van der Waals surface area contributed by atoms with Crippen LogP contribution in [0.5, 0.6) is 0 Å². The average molecular weight is 201 g/mol. The van der Waals surface area contributed by atoms with Crippen LogP contribution in [-0.2, 0) is 0 Å². The van der Waals surface area contributed by atoms with Gasteiger partial charge in [0, 0.05) is 18.3 Å². The van der Waals surface area contributed by atoms with Crippen LogP contribution in [0.15, 0.2) is 36.5 Å². The van der Waals surface area contributed by atoms with Gasteiger partial charge in [-0.2, -0.15) is 0 Å². The van der Waals surface area contributed by atoms with E-state index in [0.29, 0.717) is 0 Å². The highest BCUT2D eigenvalue weighted by Gasteiger charge is 2.14. The van der Waals surface area contributed by atoms with Gasteiger partial charge < -0.3 is 4.90 Å². The lowest BCUT2D eigenvalue weighted by Crippen LogP contribution is -2.28. The SMILES string of the molecule is Cc1cccc(C(=O)N2C=CCCC2)c1. The number of nitrogens with zero attached hydrogens (tertiary/aromatic N) is 1. The normalized spacial score (nSPS) is 15.4. The van der Waals surface area contributed by atoms with E-state index < -0.39 is 0 Å². The van der Waals surface area contributed by atoms with Crippen molar-refractivity contribution in [1.82, 2.24) is 4.90 Å². The molecule has 1 aromatic rings. The first kappa shape index (κ1) is 9.97. The van der Waals surface area contributed by atoms with Crippen LogP contribution in [-0.4, -0.2) is 17.4 Å². The van der Waals surface area contributed by atoms with Crippen LogP contribution >= 0.6 is 0 Å².